The van der Waals surface area contributed by atoms with Crippen LogP contribution in [-0.4, -0.2) is 31.6 Å². The van der Waals surface area contributed by atoms with E-state index in [0.717, 1.165) is 23.2 Å². The van der Waals surface area contributed by atoms with Gasteiger partial charge in [0.1, 0.15) is 13.2 Å². The monoisotopic (exact) mass is 398 g/mol. The summed E-state index contributed by atoms with van der Waals surface area (Å²) in [5.41, 5.74) is 3.40. The Balaban J connectivity index is 1.45. The van der Waals surface area contributed by atoms with E-state index in [1.54, 1.807) is 36.1 Å². The number of rotatable bonds is 3. The van der Waals surface area contributed by atoms with Crippen molar-refractivity contribution in [2.75, 3.05) is 30.0 Å². The van der Waals surface area contributed by atoms with Crippen LogP contribution in [-0.2, 0) is 16.0 Å². The van der Waals surface area contributed by atoms with Gasteiger partial charge in [0, 0.05) is 30.9 Å². The maximum absolute atomic E-state index is 12.3. The van der Waals surface area contributed by atoms with Gasteiger partial charge in [-0.15, -0.1) is 0 Å². The highest BCUT2D eigenvalue weighted by Gasteiger charge is 2.22. The second-order valence-electron chi connectivity index (χ2n) is 6.61. The van der Waals surface area contributed by atoms with Gasteiger partial charge in [0.15, 0.2) is 11.5 Å². The molecule has 1 N–H and O–H groups in total. The number of amides is 2. The molecule has 4 rings (SSSR count). The second kappa shape index (κ2) is 7.56. The van der Waals surface area contributed by atoms with Crippen molar-refractivity contribution in [2.24, 2.45) is 0 Å². The number of hydrogen-bond acceptors (Lipinski definition) is 4. The molecule has 0 saturated carbocycles. The number of ether oxygens (including phenoxy) is 2. The fourth-order valence-electron chi connectivity index (χ4n) is 3.39. The Morgan fingerprint density at radius 3 is 2.82 bits per heavy atom. The molecule has 7 heteroatoms. The summed E-state index contributed by atoms with van der Waals surface area (Å²) in [5.74, 6) is 0.878. The first-order valence-corrected chi connectivity index (χ1v) is 9.38. The van der Waals surface area contributed by atoms with E-state index in [-0.39, 0.29) is 11.8 Å². The number of fused-ring (bicyclic) bond motifs is 2. The number of halogens is 1. The van der Waals surface area contributed by atoms with E-state index in [1.807, 2.05) is 12.1 Å². The Hall–Kier alpha value is -2.99. The summed E-state index contributed by atoms with van der Waals surface area (Å²) < 4.78 is 11.0. The highest BCUT2D eigenvalue weighted by molar-refractivity contribution is 6.32. The van der Waals surface area contributed by atoms with Crippen molar-refractivity contribution in [1.82, 2.24) is 0 Å². The first-order chi connectivity index (χ1) is 13.5. The molecular formula is C21H19ClN2O4. The SMILES string of the molecule is CC(=O)N1CCc2cc(NC(=O)/C=C/c3cc(Cl)c4c(c3)OCCO4)ccc21. The van der Waals surface area contributed by atoms with Gasteiger partial charge < -0.3 is 19.7 Å². The lowest BCUT2D eigenvalue weighted by Crippen LogP contribution is -2.25. The molecule has 0 fully saturated rings. The molecule has 6 nitrogen and oxygen atoms in total. The molecular weight excluding hydrogens is 380 g/mol. The summed E-state index contributed by atoms with van der Waals surface area (Å²) in [7, 11) is 0. The van der Waals surface area contributed by atoms with Crippen molar-refractivity contribution >= 4 is 40.9 Å². The van der Waals surface area contributed by atoms with Crippen molar-refractivity contribution in [3.8, 4) is 11.5 Å². The lowest BCUT2D eigenvalue weighted by atomic mass is 10.1. The smallest absolute Gasteiger partial charge is 0.248 e. The van der Waals surface area contributed by atoms with Gasteiger partial charge in [-0.2, -0.15) is 0 Å². The first-order valence-electron chi connectivity index (χ1n) is 9.00. The van der Waals surface area contributed by atoms with Crippen molar-refractivity contribution in [1.29, 1.82) is 0 Å². The number of benzene rings is 2. The van der Waals surface area contributed by atoms with Gasteiger partial charge in [-0.25, -0.2) is 0 Å². The van der Waals surface area contributed by atoms with E-state index in [2.05, 4.69) is 5.32 Å². The van der Waals surface area contributed by atoms with Crippen LogP contribution in [0.3, 0.4) is 0 Å². The zero-order valence-corrected chi connectivity index (χ0v) is 16.1. The van der Waals surface area contributed by atoms with Crippen LogP contribution in [0.15, 0.2) is 36.4 Å². The molecule has 0 bridgehead atoms. The van der Waals surface area contributed by atoms with Crippen LogP contribution in [0.4, 0.5) is 11.4 Å². The molecule has 2 heterocycles. The third-order valence-electron chi connectivity index (χ3n) is 4.67. The van der Waals surface area contributed by atoms with Crippen LogP contribution in [0.25, 0.3) is 6.08 Å². The van der Waals surface area contributed by atoms with Gasteiger partial charge in [0.05, 0.1) is 5.02 Å². The van der Waals surface area contributed by atoms with Crippen LogP contribution in [0.5, 0.6) is 11.5 Å². The lowest BCUT2D eigenvalue weighted by molar-refractivity contribution is -0.116. The number of nitrogens with zero attached hydrogens (tertiary/aromatic N) is 1. The normalized spacial score (nSPS) is 14.9. The third-order valence-corrected chi connectivity index (χ3v) is 4.95. The fraction of sp³-hybridized carbons (Fsp3) is 0.238. The maximum atomic E-state index is 12.3. The number of nitrogens with one attached hydrogen (secondary N) is 1. The highest BCUT2D eigenvalue weighted by atomic mass is 35.5. The molecule has 2 aliphatic heterocycles. The van der Waals surface area contributed by atoms with Gasteiger partial charge in [0.2, 0.25) is 11.8 Å². The number of hydrogen-bond donors (Lipinski definition) is 1. The standard InChI is InChI=1S/C21H19ClN2O4/c1-13(25)24-7-6-15-12-16(3-4-18(15)24)23-20(26)5-2-14-10-17(22)21-19(11-14)27-8-9-28-21/h2-5,10-12H,6-9H2,1H3,(H,23,26)/b5-2+. The molecule has 0 radical (unpaired) electrons. The van der Waals surface area contributed by atoms with Crippen molar-refractivity contribution in [3.05, 3.63) is 52.6 Å². The Morgan fingerprint density at radius 2 is 2.00 bits per heavy atom. The molecule has 0 saturated heterocycles. The number of carbonyl (C=O) groups is 2. The average Bonchev–Trinajstić information content (AvgIpc) is 3.10. The summed E-state index contributed by atoms with van der Waals surface area (Å²) in [4.78, 5) is 25.6. The Morgan fingerprint density at radius 1 is 1.18 bits per heavy atom. The van der Waals surface area contributed by atoms with Gasteiger partial charge in [-0.3, -0.25) is 9.59 Å². The summed E-state index contributed by atoms with van der Waals surface area (Å²) in [6.45, 7) is 3.16. The fourth-order valence-corrected chi connectivity index (χ4v) is 3.66. The molecule has 2 aliphatic rings. The quantitative estimate of drug-likeness (QED) is 0.801. The second-order valence-corrected chi connectivity index (χ2v) is 7.02. The first kappa shape index (κ1) is 18.4. The summed E-state index contributed by atoms with van der Waals surface area (Å²) in [5, 5.41) is 3.29. The molecule has 0 spiro atoms. The Bertz CT molecular complexity index is 987. The van der Waals surface area contributed by atoms with Crippen LogP contribution in [0, 0.1) is 0 Å². The van der Waals surface area contributed by atoms with E-state index < -0.39 is 0 Å². The predicted molar refractivity (Wildman–Crippen MR) is 108 cm³/mol. The minimum atomic E-state index is -0.257. The Kier molecular flexibility index (Phi) is 4.96. The molecule has 0 aromatic heterocycles. The molecule has 0 aliphatic carbocycles. The summed E-state index contributed by atoms with van der Waals surface area (Å²) in [6, 6.07) is 9.09. The molecule has 0 unspecified atom stereocenters. The largest absolute Gasteiger partial charge is 0.486 e. The van der Waals surface area contributed by atoms with Gasteiger partial charge in [0.25, 0.3) is 0 Å². The Labute approximate surface area is 167 Å². The molecule has 2 aromatic rings. The molecule has 144 valence electrons. The highest BCUT2D eigenvalue weighted by Crippen LogP contribution is 2.38. The van der Waals surface area contributed by atoms with Crippen LogP contribution >= 0.6 is 11.6 Å². The zero-order valence-electron chi connectivity index (χ0n) is 15.3. The van der Waals surface area contributed by atoms with E-state index in [9.17, 15) is 9.59 Å². The minimum absolute atomic E-state index is 0.0246. The third kappa shape index (κ3) is 3.68. The summed E-state index contributed by atoms with van der Waals surface area (Å²) in [6.07, 6.45) is 3.89. The van der Waals surface area contributed by atoms with Gasteiger partial charge >= 0.3 is 0 Å². The lowest BCUT2D eigenvalue weighted by Gasteiger charge is -2.19. The van der Waals surface area contributed by atoms with Crippen LogP contribution in [0.1, 0.15) is 18.1 Å². The topological polar surface area (TPSA) is 67.9 Å². The van der Waals surface area contributed by atoms with Crippen LogP contribution in [0.2, 0.25) is 5.02 Å². The number of carbonyl (C=O) groups excluding carboxylic acids is 2. The molecule has 2 aromatic carbocycles. The van der Waals surface area contributed by atoms with E-state index in [1.165, 1.54) is 6.08 Å². The van der Waals surface area contributed by atoms with Gasteiger partial charge in [-0.05, 0) is 54.0 Å². The van der Waals surface area contributed by atoms with Crippen molar-refractivity contribution in [2.45, 2.75) is 13.3 Å². The van der Waals surface area contributed by atoms with Crippen molar-refractivity contribution < 1.29 is 19.1 Å². The van der Waals surface area contributed by atoms with Crippen LogP contribution < -0.4 is 19.7 Å². The summed E-state index contributed by atoms with van der Waals surface area (Å²) >= 11 is 6.21. The maximum Gasteiger partial charge on any atom is 0.248 e. The van der Waals surface area contributed by atoms with Crippen molar-refractivity contribution in [3.63, 3.8) is 0 Å². The molecule has 0 atom stereocenters. The average molecular weight is 399 g/mol. The zero-order chi connectivity index (χ0) is 19.7. The predicted octanol–water partition coefficient (Wildman–Crippen LogP) is 3.67. The van der Waals surface area contributed by atoms with E-state index in [4.69, 9.17) is 21.1 Å². The minimum Gasteiger partial charge on any atom is -0.486 e. The molecule has 28 heavy (non-hydrogen) atoms. The molecule has 2 amide bonds. The number of anilines is 2. The van der Waals surface area contributed by atoms with E-state index in [0.29, 0.717) is 42.0 Å². The van der Waals surface area contributed by atoms with Gasteiger partial charge in [-0.1, -0.05) is 11.6 Å². The van der Waals surface area contributed by atoms with E-state index >= 15 is 0 Å².